The first kappa shape index (κ1) is 40.4. The zero-order chi connectivity index (χ0) is 31.9. The van der Waals surface area contributed by atoms with Gasteiger partial charge in [0.05, 0.1) is 0 Å². The minimum absolute atomic E-state index is 1.29. The zero-order valence-corrected chi connectivity index (χ0v) is 31.6. The summed E-state index contributed by atoms with van der Waals surface area (Å²) >= 11 is 2.15. The van der Waals surface area contributed by atoms with Crippen LogP contribution in [0.1, 0.15) is 229 Å². The molecule has 0 N–H and O–H groups in total. The molecule has 0 spiro atoms. The van der Waals surface area contributed by atoms with Gasteiger partial charge in [-0.2, -0.15) is 0 Å². The van der Waals surface area contributed by atoms with Gasteiger partial charge < -0.3 is 0 Å². The van der Waals surface area contributed by atoms with Gasteiger partial charge in [0.1, 0.15) is 0 Å². The highest BCUT2D eigenvalue weighted by Crippen LogP contribution is 2.34. The molecule has 2 aromatic rings. The summed E-state index contributed by atoms with van der Waals surface area (Å²) in [7, 11) is 0. The molecule has 0 fully saturated rings. The van der Waals surface area contributed by atoms with Crippen LogP contribution in [0.5, 0.6) is 0 Å². The van der Waals surface area contributed by atoms with Crippen LogP contribution in [0, 0.1) is 0 Å². The molecule has 0 nitrogen and oxygen atoms in total. The van der Waals surface area contributed by atoms with Crippen LogP contribution in [0.3, 0.4) is 0 Å². The number of hydrogen-bond donors (Lipinski definition) is 0. The van der Waals surface area contributed by atoms with Gasteiger partial charge in [0.2, 0.25) is 0 Å². The molecule has 0 bridgehead atoms. The largest absolute Gasteiger partial charge is 0.144 e. The van der Waals surface area contributed by atoms with E-state index < -0.39 is 0 Å². The second-order valence-corrected chi connectivity index (χ2v) is 15.8. The number of benzene rings is 1. The third kappa shape index (κ3) is 21.6. The Morgan fingerprint density at radius 3 is 0.778 bits per heavy atom. The summed E-state index contributed by atoms with van der Waals surface area (Å²) in [5.41, 5.74) is 0. The Bertz CT molecular complexity index is 808. The molecule has 1 heterocycles. The maximum absolute atomic E-state index is 2.39. The van der Waals surface area contributed by atoms with Crippen molar-refractivity contribution >= 4 is 22.1 Å². The molecular formula is C44H78S. The van der Waals surface area contributed by atoms with Crippen molar-refractivity contribution in [1.29, 1.82) is 0 Å². The molecule has 0 unspecified atom stereocenters. The van der Waals surface area contributed by atoms with E-state index >= 15 is 0 Å². The van der Waals surface area contributed by atoms with Gasteiger partial charge in [-0.3, -0.25) is 0 Å². The standard InChI is InChI=1S/C44H78S/c1-3-5-7-9-11-13-15-17-19-21-23-25-27-29-31-33-39-43-41-37-35-36-38-42(41)44(45-43)40-34-32-30-28-26-24-22-20-18-16-14-12-10-8-6-4-2/h35-38H,3-34,39-40H2,1-2H3. The topological polar surface area (TPSA) is 0 Å². The molecule has 0 radical (unpaired) electrons. The van der Waals surface area contributed by atoms with Crippen LogP contribution in [0.2, 0.25) is 0 Å². The molecule has 0 aliphatic heterocycles. The van der Waals surface area contributed by atoms with Crippen molar-refractivity contribution in [3.8, 4) is 0 Å². The molecule has 0 saturated carbocycles. The highest BCUT2D eigenvalue weighted by Gasteiger charge is 2.10. The van der Waals surface area contributed by atoms with E-state index in [1.807, 2.05) is 0 Å². The fourth-order valence-corrected chi connectivity index (χ4v) is 8.63. The fourth-order valence-electron chi connectivity index (χ4n) is 7.27. The summed E-state index contributed by atoms with van der Waals surface area (Å²) in [6.07, 6.45) is 49.0. The van der Waals surface area contributed by atoms with Crippen molar-refractivity contribution < 1.29 is 0 Å². The lowest BCUT2D eigenvalue weighted by Gasteiger charge is -2.04. The van der Waals surface area contributed by atoms with Gasteiger partial charge in [-0.05, 0) is 36.5 Å². The Morgan fingerprint density at radius 2 is 0.533 bits per heavy atom. The lowest BCUT2D eigenvalue weighted by atomic mass is 10.0. The van der Waals surface area contributed by atoms with E-state index in [1.165, 1.54) is 218 Å². The normalized spacial score (nSPS) is 11.7. The van der Waals surface area contributed by atoms with Crippen molar-refractivity contribution in [3.63, 3.8) is 0 Å². The molecule has 1 heteroatoms. The van der Waals surface area contributed by atoms with Crippen LogP contribution in [0.15, 0.2) is 24.3 Å². The molecule has 45 heavy (non-hydrogen) atoms. The monoisotopic (exact) mass is 639 g/mol. The molecule has 2 rings (SSSR count). The maximum atomic E-state index is 2.39. The second-order valence-electron chi connectivity index (χ2n) is 14.6. The Kier molecular flexibility index (Phi) is 27.4. The number of fused-ring (bicyclic) bond motifs is 1. The van der Waals surface area contributed by atoms with E-state index in [0.717, 1.165) is 0 Å². The van der Waals surface area contributed by atoms with E-state index in [2.05, 4.69) is 49.4 Å². The predicted molar refractivity (Wildman–Crippen MR) is 208 cm³/mol. The Morgan fingerprint density at radius 1 is 0.311 bits per heavy atom. The van der Waals surface area contributed by atoms with Crippen LogP contribution in [0.25, 0.3) is 10.8 Å². The molecule has 0 aliphatic carbocycles. The number of rotatable bonds is 34. The van der Waals surface area contributed by atoms with Gasteiger partial charge in [-0.1, -0.05) is 231 Å². The van der Waals surface area contributed by atoms with Crippen LogP contribution < -0.4 is 0 Å². The van der Waals surface area contributed by atoms with E-state index in [0.29, 0.717) is 0 Å². The highest BCUT2D eigenvalue weighted by molar-refractivity contribution is 7.13. The summed E-state index contributed by atoms with van der Waals surface area (Å²) < 4.78 is 0. The quantitative estimate of drug-likeness (QED) is 0.0669. The number of unbranched alkanes of at least 4 members (excludes halogenated alkanes) is 30. The summed E-state index contributed by atoms with van der Waals surface area (Å²) in [4.78, 5) is 3.34. The molecule has 0 amide bonds. The Balaban J connectivity index is 1.43. The number of aryl methyl sites for hydroxylation is 2. The van der Waals surface area contributed by atoms with Crippen LogP contribution in [-0.2, 0) is 12.8 Å². The summed E-state index contributed by atoms with van der Waals surface area (Å²) in [5, 5.41) is 3.13. The molecule has 260 valence electrons. The average Bonchev–Trinajstić information content (AvgIpc) is 3.41. The second kappa shape index (κ2) is 30.5. The molecule has 0 saturated heterocycles. The fraction of sp³-hybridized carbons (Fsp3) is 0.818. The lowest BCUT2D eigenvalue weighted by molar-refractivity contribution is 0.529. The minimum Gasteiger partial charge on any atom is -0.144 e. The summed E-state index contributed by atoms with van der Waals surface area (Å²) in [6, 6.07) is 9.30. The molecule has 0 atom stereocenters. The SMILES string of the molecule is CCCCCCCCCCCCCCCCCCc1sc(CCCCCCCCCCCCCCCCCC)c2ccccc12. The van der Waals surface area contributed by atoms with Gasteiger partial charge in [0.25, 0.3) is 0 Å². The summed E-state index contributed by atoms with van der Waals surface area (Å²) in [6.45, 7) is 4.62. The van der Waals surface area contributed by atoms with Crippen LogP contribution >= 0.6 is 11.3 Å². The average molecular weight is 639 g/mol. The van der Waals surface area contributed by atoms with Crippen molar-refractivity contribution in [3.05, 3.63) is 34.0 Å². The van der Waals surface area contributed by atoms with Gasteiger partial charge in [0, 0.05) is 9.75 Å². The van der Waals surface area contributed by atoms with Gasteiger partial charge in [-0.25, -0.2) is 0 Å². The van der Waals surface area contributed by atoms with Gasteiger partial charge in [-0.15, -0.1) is 11.3 Å². The Labute approximate surface area is 287 Å². The van der Waals surface area contributed by atoms with E-state index in [-0.39, 0.29) is 0 Å². The highest BCUT2D eigenvalue weighted by atomic mass is 32.1. The Hall–Kier alpha value is -0.820. The molecule has 0 aliphatic rings. The predicted octanol–water partition coefficient (Wildman–Crippen LogP) is 16.5. The third-order valence-corrected chi connectivity index (χ3v) is 11.6. The number of thiophene rings is 1. The van der Waals surface area contributed by atoms with E-state index in [4.69, 9.17) is 0 Å². The van der Waals surface area contributed by atoms with E-state index in [9.17, 15) is 0 Å². The van der Waals surface area contributed by atoms with E-state index in [1.54, 1.807) is 20.5 Å². The van der Waals surface area contributed by atoms with Gasteiger partial charge >= 0.3 is 0 Å². The maximum Gasteiger partial charge on any atom is 0.0127 e. The molecule has 1 aromatic heterocycles. The van der Waals surface area contributed by atoms with Crippen molar-refractivity contribution in [2.24, 2.45) is 0 Å². The first-order chi connectivity index (χ1) is 22.4. The van der Waals surface area contributed by atoms with Crippen molar-refractivity contribution in [2.75, 3.05) is 0 Å². The van der Waals surface area contributed by atoms with Crippen LogP contribution in [-0.4, -0.2) is 0 Å². The first-order valence-electron chi connectivity index (χ1n) is 20.9. The zero-order valence-electron chi connectivity index (χ0n) is 30.8. The first-order valence-corrected chi connectivity index (χ1v) is 21.7. The minimum atomic E-state index is 1.29. The lowest BCUT2D eigenvalue weighted by Crippen LogP contribution is -1.85. The third-order valence-electron chi connectivity index (χ3n) is 10.3. The van der Waals surface area contributed by atoms with Gasteiger partial charge in [0.15, 0.2) is 0 Å². The van der Waals surface area contributed by atoms with Crippen molar-refractivity contribution in [1.82, 2.24) is 0 Å². The van der Waals surface area contributed by atoms with Crippen molar-refractivity contribution in [2.45, 2.75) is 232 Å². The molecular weight excluding hydrogens is 561 g/mol. The smallest absolute Gasteiger partial charge is 0.0127 e. The summed E-state index contributed by atoms with van der Waals surface area (Å²) in [5.74, 6) is 0. The van der Waals surface area contributed by atoms with Crippen LogP contribution in [0.4, 0.5) is 0 Å². The molecule has 1 aromatic carbocycles. The number of hydrogen-bond acceptors (Lipinski definition) is 1.